The number of Topliss-reactive ketones (excluding diaryl/α,β-unsaturated/α-hetero) is 1. The molecular weight excluding hydrogens is 196 g/mol. The number of rotatable bonds is 1. The number of carbonyl (C=O) groups is 1. The van der Waals surface area contributed by atoms with E-state index in [9.17, 15) is 4.79 Å². The lowest BCUT2D eigenvalue weighted by molar-refractivity contribution is -0.122. The van der Waals surface area contributed by atoms with Crippen molar-refractivity contribution in [1.82, 2.24) is 0 Å². The Balaban J connectivity index is 2.19. The molecule has 0 bridgehead atoms. The molecule has 0 aromatic carbocycles. The minimum absolute atomic E-state index is 0.318. The molecule has 90 valence electrons. The van der Waals surface area contributed by atoms with Crippen LogP contribution in [0.4, 0.5) is 0 Å². The molecule has 2 atom stereocenters. The van der Waals surface area contributed by atoms with E-state index in [1.54, 1.807) is 18.1 Å². The first-order chi connectivity index (χ1) is 7.70. The zero-order valence-corrected chi connectivity index (χ0v) is 10.7. The molecule has 0 saturated heterocycles. The van der Waals surface area contributed by atoms with E-state index in [0.717, 1.165) is 6.42 Å². The van der Waals surface area contributed by atoms with E-state index in [1.165, 1.54) is 44.9 Å². The van der Waals surface area contributed by atoms with Crippen LogP contribution < -0.4 is 0 Å². The highest BCUT2D eigenvalue weighted by Gasteiger charge is 2.30. The molecule has 16 heavy (non-hydrogen) atoms. The Kier molecular flexibility index (Phi) is 3.83. The Bertz CT molecular complexity index is 301. The molecule has 0 radical (unpaired) electrons. The van der Waals surface area contributed by atoms with Crippen LogP contribution in [0.3, 0.4) is 0 Å². The van der Waals surface area contributed by atoms with Gasteiger partial charge in [0.2, 0.25) is 0 Å². The summed E-state index contributed by atoms with van der Waals surface area (Å²) >= 11 is 0. The Morgan fingerprint density at radius 2 is 1.75 bits per heavy atom. The second-order valence-corrected chi connectivity index (χ2v) is 5.59. The fourth-order valence-corrected chi connectivity index (χ4v) is 3.56. The molecule has 0 aromatic rings. The number of hydrogen-bond acceptors (Lipinski definition) is 1. The van der Waals surface area contributed by atoms with Gasteiger partial charge in [0.1, 0.15) is 5.78 Å². The molecule has 0 fully saturated rings. The van der Waals surface area contributed by atoms with E-state index in [-0.39, 0.29) is 0 Å². The van der Waals surface area contributed by atoms with E-state index in [4.69, 9.17) is 0 Å². The maximum absolute atomic E-state index is 11.6. The minimum Gasteiger partial charge on any atom is -0.300 e. The predicted octanol–water partition coefficient (Wildman–Crippen LogP) is 4.27. The van der Waals surface area contributed by atoms with Gasteiger partial charge in [-0.1, -0.05) is 30.9 Å². The summed E-state index contributed by atoms with van der Waals surface area (Å²) in [6.07, 6.45) is 10.4. The van der Waals surface area contributed by atoms with Crippen LogP contribution >= 0.6 is 0 Å². The number of carbonyl (C=O) groups excluding carboxylic acids is 1. The first-order valence-corrected chi connectivity index (χ1v) is 6.91. The monoisotopic (exact) mass is 220 g/mol. The molecule has 2 aliphatic carbocycles. The van der Waals surface area contributed by atoms with Crippen molar-refractivity contribution in [3.8, 4) is 0 Å². The van der Waals surface area contributed by atoms with Gasteiger partial charge >= 0.3 is 0 Å². The van der Waals surface area contributed by atoms with Crippen LogP contribution in [0.15, 0.2) is 11.1 Å². The first kappa shape index (κ1) is 11.9. The summed E-state index contributed by atoms with van der Waals surface area (Å²) in [6.45, 7) is 4.05. The fourth-order valence-electron chi connectivity index (χ4n) is 3.56. The molecule has 1 nitrogen and oxygen atoms in total. The van der Waals surface area contributed by atoms with Crippen LogP contribution in [0, 0.1) is 11.8 Å². The van der Waals surface area contributed by atoms with Gasteiger partial charge in [0, 0.05) is 5.92 Å². The highest BCUT2D eigenvalue weighted by atomic mass is 16.1. The van der Waals surface area contributed by atoms with Gasteiger partial charge in [-0.25, -0.2) is 0 Å². The average molecular weight is 220 g/mol. The van der Waals surface area contributed by atoms with Crippen molar-refractivity contribution in [2.24, 2.45) is 11.8 Å². The highest BCUT2D eigenvalue weighted by Crippen LogP contribution is 2.40. The molecule has 2 rings (SSSR count). The van der Waals surface area contributed by atoms with Crippen molar-refractivity contribution in [1.29, 1.82) is 0 Å². The van der Waals surface area contributed by atoms with Gasteiger partial charge < -0.3 is 0 Å². The smallest absolute Gasteiger partial charge is 0.133 e. The predicted molar refractivity (Wildman–Crippen MR) is 67.3 cm³/mol. The standard InChI is InChI=1S/C15H24O/c1-11-14(12(2)16)10-9-13-7-5-3-4-6-8-15(11)13/h11,14H,3-10H2,1-2H3. The van der Waals surface area contributed by atoms with Crippen LogP contribution in [-0.4, -0.2) is 5.78 Å². The third kappa shape index (κ3) is 2.39. The Morgan fingerprint density at radius 3 is 2.44 bits per heavy atom. The number of ketones is 1. The molecule has 0 spiro atoms. The summed E-state index contributed by atoms with van der Waals surface area (Å²) in [5.74, 6) is 1.25. The van der Waals surface area contributed by atoms with E-state index in [0.29, 0.717) is 17.6 Å². The van der Waals surface area contributed by atoms with E-state index in [2.05, 4.69) is 6.92 Å². The van der Waals surface area contributed by atoms with Crippen molar-refractivity contribution in [3.63, 3.8) is 0 Å². The second-order valence-electron chi connectivity index (χ2n) is 5.59. The Labute approximate surface area is 99.3 Å². The van der Waals surface area contributed by atoms with Crippen LogP contribution in [-0.2, 0) is 4.79 Å². The molecule has 0 saturated carbocycles. The topological polar surface area (TPSA) is 17.1 Å². The zero-order valence-electron chi connectivity index (χ0n) is 10.7. The third-order valence-electron chi connectivity index (χ3n) is 4.56. The lowest BCUT2D eigenvalue weighted by Crippen LogP contribution is -2.26. The summed E-state index contributed by atoms with van der Waals surface area (Å²) in [7, 11) is 0. The van der Waals surface area contributed by atoms with Crippen molar-refractivity contribution >= 4 is 5.78 Å². The van der Waals surface area contributed by atoms with Crippen LogP contribution in [0.2, 0.25) is 0 Å². The van der Waals surface area contributed by atoms with Gasteiger partial charge in [-0.15, -0.1) is 0 Å². The molecule has 0 aliphatic heterocycles. The highest BCUT2D eigenvalue weighted by molar-refractivity contribution is 5.79. The van der Waals surface area contributed by atoms with E-state index < -0.39 is 0 Å². The molecule has 0 amide bonds. The fraction of sp³-hybridized carbons (Fsp3) is 0.800. The molecule has 2 aliphatic rings. The normalized spacial score (nSPS) is 31.6. The van der Waals surface area contributed by atoms with Crippen molar-refractivity contribution in [2.75, 3.05) is 0 Å². The second kappa shape index (κ2) is 5.16. The Morgan fingerprint density at radius 1 is 1.06 bits per heavy atom. The van der Waals surface area contributed by atoms with Gasteiger partial charge in [-0.3, -0.25) is 4.79 Å². The van der Waals surface area contributed by atoms with E-state index >= 15 is 0 Å². The van der Waals surface area contributed by atoms with Gasteiger partial charge in [0.05, 0.1) is 0 Å². The lowest BCUT2D eigenvalue weighted by atomic mass is 9.71. The molecule has 1 heteroatoms. The van der Waals surface area contributed by atoms with Crippen LogP contribution in [0.25, 0.3) is 0 Å². The summed E-state index contributed by atoms with van der Waals surface area (Å²) in [6, 6.07) is 0. The third-order valence-corrected chi connectivity index (χ3v) is 4.56. The molecule has 0 N–H and O–H groups in total. The largest absolute Gasteiger partial charge is 0.300 e. The summed E-state index contributed by atoms with van der Waals surface area (Å²) in [5.41, 5.74) is 3.37. The summed E-state index contributed by atoms with van der Waals surface area (Å²) < 4.78 is 0. The van der Waals surface area contributed by atoms with Crippen molar-refractivity contribution < 1.29 is 4.79 Å². The first-order valence-electron chi connectivity index (χ1n) is 6.91. The average Bonchev–Trinajstić information content (AvgIpc) is 2.19. The lowest BCUT2D eigenvalue weighted by Gasteiger charge is -2.33. The Hall–Kier alpha value is -0.590. The molecule has 0 heterocycles. The number of hydrogen-bond donors (Lipinski definition) is 0. The van der Waals surface area contributed by atoms with Crippen molar-refractivity contribution in [2.45, 2.75) is 65.2 Å². The van der Waals surface area contributed by atoms with E-state index in [1.807, 2.05) is 0 Å². The van der Waals surface area contributed by atoms with Crippen molar-refractivity contribution in [3.05, 3.63) is 11.1 Å². The number of allylic oxidation sites excluding steroid dienone is 2. The van der Waals surface area contributed by atoms with Crippen LogP contribution in [0.5, 0.6) is 0 Å². The summed E-state index contributed by atoms with van der Waals surface area (Å²) in [4.78, 5) is 11.6. The molecule has 2 unspecified atom stereocenters. The summed E-state index contributed by atoms with van der Waals surface area (Å²) in [5, 5.41) is 0. The van der Waals surface area contributed by atoms with Gasteiger partial charge in [0.25, 0.3) is 0 Å². The van der Waals surface area contributed by atoms with Gasteiger partial charge in [0.15, 0.2) is 0 Å². The quantitative estimate of drug-likeness (QED) is 0.603. The maximum Gasteiger partial charge on any atom is 0.133 e. The zero-order chi connectivity index (χ0) is 11.5. The SMILES string of the molecule is CC(=O)C1CCC2=C(CCCCCC2)C1C. The van der Waals surface area contributed by atoms with Gasteiger partial charge in [-0.05, 0) is 51.4 Å². The molecule has 0 aromatic heterocycles. The van der Waals surface area contributed by atoms with Gasteiger partial charge in [-0.2, -0.15) is 0 Å². The van der Waals surface area contributed by atoms with Crippen LogP contribution in [0.1, 0.15) is 65.2 Å². The minimum atomic E-state index is 0.318. The maximum atomic E-state index is 11.6. The molecular formula is C15H24O.